The van der Waals surface area contributed by atoms with Crippen molar-refractivity contribution in [1.82, 2.24) is 14.7 Å². The first kappa shape index (κ1) is 24.7. The standard InChI is InChI=1S/C27H39N3O4/c1-27(2)17-24(31)30(25(32)18-27)15-7-5-6-14-29-16-13-20-19-9-8-10-23(34-26(33)28(3)4)21(19)11-12-22(20)29/h8-10,20,22H,5-7,11-18H2,1-4H3/t20-,22+/m1/s1. The van der Waals surface area contributed by atoms with Gasteiger partial charge in [-0.15, -0.1) is 0 Å². The molecule has 0 unspecified atom stereocenters. The second-order valence-electron chi connectivity index (χ2n) is 11.1. The van der Waals surface area contributed by atoms with Crippen LogP contribution in [0.2, 0.25) is 0 Å². The lowest BCUT2D eigenvalue weighted by atomic mass is 9.79. The van der Waals surface area contributed by atoms with E-state index in [0.29, 0.717) is 37.1 Å². The second kappa shape index (κ2) is 10.1. The predicted octanol–water partition coefficient (Wildman–Crippen LogP) is 4.20. The highest BCUT2D eigenvalue weighted by molar-refractivity contribution is 5.98. The SMILES string of the molecule is CN(C)C(=O)Oc1cccc2c1CC[C@H]1[C@@H]2CCN1CCCCCN1C(=O)CC(C)(C)CC1=O. The van der Waals surface area contributed by atoms with Crippen molar-refractivity contribution in [2.45, 2.75) is 77.2 Å². The molecule has 2 saturated heterocycles. The molecule has 2 aliphatic heterocycles. The number of hydrogen-bond acceptors (Lipinski definition) is 5. The zero-order chi connectivity index (χ0) is 24.5. The number of likely N-dealkylation sites (tertiary alicyclic amines) is 2. The lowest BCUT2D eigenvalue weighted by Gasteiger charge is -2.35. The van der Waals surface area contributed by atoms with Crippen molar-refractivity contribution in [2.75, 3.05) is 33.7 Å². The van der Waals surface area contributed by atoms with Crippen molar-refractivity contribution in [3.63, 3.8) is 0 Å². The Hall–Kier alpha value is -2.41. The van der Waals surface area contributed by atoms with Crippen molar-refractivity contribution in [3.8, 4) is 5.75 Å². The molecule has 0 radical (unpaired) electrons. The Morgan fingerprint density at radius 1 is 1.06 bits per heavy atom. The summed E-state index contributed by atoms with van der Waals surface area (Å²) >= 11 is 0. The van der Waals surface area contributed by atoms with Crippen LogP contribution in [0.4, 0.5) is 4.79 Å². The van der Waals surface area contributed by atoms with E-state index in [9.17, 15) is 14.4 Å². The minimum atomic E-state index is -0.333. The number of amides is 3. The molecule has 0 saturated carbocycles. The molecule has 2 atom stereocenters. The Morgan fingerprint density at radius 2 is 1.76 bits per heavy atom. The van der Waals surface area contributed by atoms with Crippen LogP contribution in [0.1, 0.15) is 75.8 Å². The quantitative estimate of drug-likeness (QED) is 0.442. The van der Waals surface area contributed by atoms with Crippen LogP contribution in [0.15, 0.2) is 18.2 Å². The van der Waals surface area contributed by atoms with Gasteiger partial charge in [-0.05, 0) is 67.8 Å². The van der Waals surface area contributed by atoms with Gasteiger partial charge in [0.2, 0.25) is 11.8 Å². The summed E-state index contributed by atoms with van der Waals surface area (Å²) in [6, 6.07) is 6.66. The van der Waals surface area contributed by atoms with Crippen LogP contribution in [0, 0.1) is 5.41 Å². The summed E-state index contributed by atoms with van der Waals surface area (Å²) in [6.07, 6.45) is 6.73. The van der Waals surface area contributed by atoms with Crippen molar-refractivity contribution >= 4 is 17.9 Å². The average molecular weight is 470 g/mol. The number of hydrogen-bond donors (Lipinski definition) is 0. The van der Waals surface area contributed by atoms with Gasteiger partial charge in [-0.25, -0.2) is 4.79 Å². The third-order valence-electron chi connectivity index (χ3n) is 7.67. The molecular formula is C27H39N3O4. The summed E-state index contributed by atoms with van der Waals surface area (Å²) in [6.45, 7) is 6.69. The Balaban J connectivity index is 1.26. The topological polar surface area (TPSA) is 70.2 Å². The molecular weight excluding hydrogens is 430 g/mol. The Labute approximate surface area is 203 Å². The van der Waals surface area contributed by atoms with E-state index in [4.69, 9.17) is 4.74 Å². The maximum Gasteiger partial charge on any atom is 0.414 e. The predicted molar refractivity (Wildman–Crippen MR) is 131 cm³/mol. The molecule has 7 nitrogen and oxygen atoms in total. The lowest BCUT2D eigenvalue weighted by molar-refractivity contribution is -0.152. The number of rotatable bonds is 7. The van der Waals surface area contributed by atoms with E-state index >= 15 is 0 Å². The Kier molecular flexibility index (Phi) is 7.31. The summed E-state index contributed by atoms with van der Waals surface area (Å²) < 4.78 is 5.64. The molecule has 1 aromatic carbocycles. The zero-order valence-corrected chi connectivity index (χ0v) is 21.1. The first-order valence-electron chi connectivity index (χ1n) is 12.7. The van der Waals surface area contributed by atoms with Gasteiger partial charge in [0, 0.05) is 45.4 Å². The van der Waals surface area contributed by atoms with Crippen LogP contribution in [-0.4, -0.2) is 72.4 Å². The number of nitrogens with zero attached hydrogens (tertiary/aromatic N) is 3. The molecule has 2 heterocycles. The molecule has 3 amide bonds. The van der Waals surface area contributed by atoms with Gasteiger partial charge < -0.3 is 9.64 Å². The molecule has 34 heavy (non-hydrogen) atoms. The van der Waals surface area contributed by atoms with Gasteiger partial charge in [0.05, 0.1) is 0 Å². The Morgan fingerprint density at radius 3 is 2.47 bits per heavy atom. The maximum atomic E-state index is 12.3. The third kappa shape index (κ3) is 5.29. The van der Waals surface area contributed by atoms with E-state index in [-0.39, 0.29) is 23.3 Å². The number of benzene rings is 1. The molecule has 0 bridgehead atoms. The van der Waals surface area contributed by atoms with Crippen LogP contribution < -0.4 is 4.74 Å². The lowest BCUT2D eigenvalue weighted by Crippen LogP contribution is -2.46. The molecule has 3 aliphatic rings. The zero-order valence-electron chi connectivity index (χ0n) is 21.1. The number of piperidine rings is 1. The molecule has 7 heteroatoms. The normalized spacial score (nSPS) is 24.1. The van der Waals surface area contributed by atoms with Crippen molar-refractivity contribution in [2.24, 2.45) is 5.41 Å². The molecule has 186 valence electrons. The van der Waals surface area contributed by atoms with Crippen LogP contribution in [0.5, 0.6) is 5.75 Å². The van der Waals surface area contributed by atoms with Crippen molar-refractivity contribution in [1.29, 1.82) is 0 Å². The largest absolute Gasteiger partial charge is 0.414 e. The van der Waals surface area contributed by atoms with E-state index < -0.39 is 0 Å². The van der Waals surface area contributed by atoms with Crippen molar-refractivity contribution < 1.29 is 19.1 Å². The van der Waals surface area contributed by atoms with Gasteiger partial charge in [0.1, 0.15) is 5.75 Å². The van der Waals surface area contributed by atoms with Crippen LogP contribution in [0.3, 0.4) is 0 Å². The van der Waals surface area contributed by atoms with Gasteiger partial charge in [-0.2, -0.15) is 0 Å². The third-order valence-corrected chi connectivity index (χ3v) is 7.67. The summed E-state index contributed by atoms with van der Waals surface area (Å²) in [5, 5.41) is 0. The van der Waals surface area contributed by atoms with Crippen molar-refractivity contribution in [3.05, 3.63) is 29.3 Å². The molecule has 0 N–H and O–H groups in total. The minimum Gasteiger partial charge on any atom is -0.410 e. The van der Waals surface area contributed by atoms with Crippen LogP contribution in [0.25, 0.3) is 0 Å². The van der Waals surface area contributed by atoms with Gasteiger partial charge in [0.15, 0.2) is 0 Å². The first-order valence-corrected chi connectivity index (χ1v) is 12.7. The summed E-state index contributed by atoms with van der Waals surface area (Å²) in [7, 11) is 3.40. The average Bonchev–Trinajstić information content (AvgIpc) is 3.18. The Bertz CT molecular complexity index is 922. The molecule has 4 rings (SSSR count). The molecule has 2 fully saturated rings. The monoisotopic (exact) mass is 469 g/mol. The van der Waals surface area contributed by atoms with E-state index in [2.05, 4.69) is 11.0 Å². The van der Waals surface area contributed by atoms with Gasteiger partial charge in [0.25, 0.3) is 0 Å². The number of carbonyl (C=O) groups is 3. The molecule has 1 aromatic rings. The number of ether oxygens (including phenoxy) is 1. The molecule has 1 aliphatic carbocycles. The fourth-order valence-corrected chi connectivity index (χ4v) is 5.93. The van der Waals surface area contributed by atoms with Gasteiger partial charge >= 0.3 is 6.09 Å². The highest BCUT2D eigenvalue weighted by Crippen LogP contribution is 2.44. The van der Waals surface area contributed by atoms with E-state index in [1.54, 1.807) is 14.1 Å². The first-order chi connectivity index (χ1) is 16.2. The fourth-order valence-electron chi connectivity index (χ4n) is 5.93. The summed E-state index contributed by atoms with van der Waals surface area (Å²) in [5.41, 5.74) is 2.33. The minimum absolute atomic E-state index is 0.0138. The highest BCUT2D eigenvalue weighted by Gasteiger charge is 2.39. The van der Waals surface area contributed by atoms with Crippen LogP contribution >= 0.6 is 0 Å². The summed E-state index contributed by atoms with van der Waals surface area (Å²) in [4.78, 5) is 42.3. The smallest absolute Gasteiger partial charge is 0.410 e. The van der Waals surface area contributed by atoms with Crippen LogP contribution in [-0.2, 0) is 16.0 Å². The van der Waals surface area contributed by atoms with E-state index in [0.717, 1.165) is 51.6 Å². The number of fused-ring (bicyclic) bond motifs is 3. The van der Waals surface area contributed by atoms with E-state index in [1.807, 2.05) is 26.0 Å². The number of imide groups is 1. The maximum absolute atomic E-state index is 12.3. The molecule has 0 aromatic heterocycles. The van der Waals surface area contributed by atoms with E-state index in [1.165, 1.54) is 20.9 Å². The highest BCUT2D eigenvalue weighted by atomic mass is 16.6. The number of unbranched alkanes of at least 4 members (excludes halogenated alkanes) is 2. The number of carbonyl (C=O) groups excluding carboxylic acids is 3. The fraction of sp³-hybridized carbons (Fsp3) is 0.667. The van der Waals surface area contributed by atoms with Gasteiger partial charge in [-0.1, -0.05) is 32.4 Å². The molecule has 0 spiro atoms. The summed E-state index contributed by atoms with van der Waals surface area (Å²) in [5.74, 6) is 1.17. The second-order valence-corrected chi connectivity index (χ2v) is 11.1. The van der Waals surface area contributed by atoms with Gasteiger partial charge in [-0.3, -0.25) is 19.4 Å².